The molecule has 41 heavy (non-hydrogen) atoms. The lowest BCUT2D eigenvalue weighted by Crippen LogP contribution is -2.36. The minimum absolute atomic E-state index is 0.0173. The van der Waals surface area contributed by atoms with Gasteiger partial charge in [0.1, 0.15) is 0 Å². The van der Waals surface area contributed by atoms with E-state index in [0.29, 0.717) is 19.6 Å². The molecular formula is C34H46O7. The molecule has 3 rings (SSSR count). The van der Waals surface area contributed by atoms with Gasteiger partial charge in [0.25, 0.3) is 0 Å². The van der Waals surface area contributed by atoms with Gasteiger partial charge >= 0.3 is 11.9 Å². The first-order valence-electron chi connectivity index (χ1n) is 14.7. The van der Waals surface area contributed by atoms with Gasteiger partial charge in [0.05, 0.1) is 38.6 Å². The van der Waals surface area contributed by atoms with Crippen LogP contribution in [0, 0.1) is 11.8 Å². The molecule has 1 N–H and O–H groups in total. The molecule has 2 unspecified atom stereocenters. The van der Waals surface area contributed by atoms with Crippen molar-refractivity contribution >= 4 is 11.9 Å². The van der Waals surface area contributed by atoms with Crippen LogP contribution in [0.25, 0.3) is 0 Å². The number of unbranched alkanes of at least 4 members (excludes halogenated alkanes) is 2. The van der Waals surface area contributed by atoms with Gasteiger partial charge in [-0.25, -0.2) is 9.59 Å². The van der Waals surface area contributed by atoms with Crippen molar-refractivity contribution in [2.45, 2.75) is 71.0 Å². The third-order valence-electron chi connectivity index (χ3n) is 7.78. The summed E-state index contributed by atoms with van der Waals surface area (Å²) in [5, 5.41) is 9.10. The van der Waals surface area contributed by atoms with Gasteiger partial charge in [0.2, 0.25) is 0 Å². The molecule has 7 heteroatoms. The Hall–Kier alpha value is -3.00. The van der Waals surface area contributed by atoms with Gasteiger partial charge in [-0.05, 0) is 42.9 Å². The highest BCUT2D eigenvalue weighted by Gasteiger charge is 2.31. The summed E-state index contributed by atoms with van der Waals surface area (Å²) in [4.78, 5) is 23.9. The molecule has 0 radical (unpaired) electrons. The predicted octanol–water partition coefficient (Wildman–Crippen LogP) is 5.77. The van der Waals surface area contributed by atoms with Crippen LogP contribution in [0.2, 0.25) is 0 Å². The summed E-state index contributed by atoms with van der Waals surface area (Å²) in [6.07, 6.45) is 12.4. The highest BCUT2D eigenvalue weighted by atomic mass is 16.7. The summed E-state index contributed by atoms with van der Waals surface area (Å²) in [7, 11) is 0. The molecule has 1 aromatic carbocycles. The molecule has 1 heterocycles. The number of carbonyl (C=O) groups is 2. The topological polar surface area (TPSA) is 91.3 Å². The van der Waals surface area contributed by atoms with Crippen LogP contribution in [0.15, 0.2) is 72.4 Å². The van der Waals surface area contributed by atoms with Gasteiger partial charge in [0.15, 0.2) is 6.29 Å². The number of ether oxygens (including phenoxy) is 4. The molecule has 0 aromatic heterocycles. The number of esters is 2. The minimum Gasteiger partial charge on any atom is -0.462 e. The molecule has 1 aliphatic heterocycles. The van der Waals surface area contributed by atoms with E-state index in [1.165, 1.54) is 36.0 Å². The van der Waals surface area contributed by atoms with Crippen LogP contribution in [-0.2, 0) is 40.4 Å². The van der Waals surface area contributed by atoms with Crippen LogP contribution in [-0.4, -0.2) is 56.4 Å². The van der Waals surface area contributed by atoms with Crippen molar-refractivity contribution in [2.75, 3.05) is 33.0 Å². The maximum Gasteiger partial charge on any atom is 0.335 e. The zero-order chi connectivity index (χ0) is 29.8. The van der Waals surface area contributed by atoms with Gasteiger partial charge in [-0.3, -0.25) is 0 Å². The molecule has 2 atom stereocenters. The van der Waals surface area contributed by atoms with Crippen molar-refractivity contribution < 1.29 is 33.6 Å². The third-order valence-corrected chi connectivity index (χ3v) is 7.78. The lowest BCUT2D eigenvalue weighted by Gasteiger charge is -2.34. The summed E-state index contributed by atoms with van der Waals surface area (Å²) >= 11 is 0. The Morgan fingerprint density at radius 3 is 2.29 bits per heavy atom. The largest absolute Gasteiger partial charge is 0.462 e. The molecule has 0 bridgehead atoms. The highest BCUT2D eigenvalue weighted by molar-refractivity contribution is 5.88. The number of benzene rings is 1. The number of rotatable bonds is 15. The van der Waals surface area contributed by atoms with E-state index in [1.54, 1.807) is 6.92 Å². The normalized spacial score (nSPS) is 22.9. The summed E-state index contributed by atoms with van der Waals surface area (Å²) < 4.78 is 22.6. The second-order valence-corrected chi connectivity index (χ2v) is 11.4. The van der Waals surface area contributed by atoms with E-state index >= 15 is 0 Å². The second-order valence-electron chi connectivity index (χ2n) is 11.4. The fourth-order valence-electron chi connectivity index (χ4n) is 4.90. The number of aliphatic hydroxyl groups is 1. The lowest BCUT2D eigenvalue weighted by molar-refractivity contribution is -0.205. The highest BCUT2D eigenvalue weighted by Crippen LogP contribution is 2.36. The quantitative estimate of drug-likeness (QED) is 0.164. The standard InChI is InChI=1S/C34H46O7/c1-6-7-8-9-26-10-12-30(13-11-26)34(5)16-14-28(15-17-34)29-22-38-31(39-23-29)18-27(20-40-32(36)24(2)3)21-41-33(37)25(4)19-35/h10-16,27,29,31,35H,2,4,6-9,17-23H2,1,3,5H3. The van der Waals surface area contributed by atoms with Crippen molar-refractivity contribution in [3.63, 3.8) is 0 Å². The Kier molecular flexibility index (Phi) is 12.6. The number of carbonyl (C=O) groups excluding carboxylic acids is 2. The maximum absolute atomic E-state index is 12.0. The number of aliphatic hydroxyl groups excluding tert-OH is 1. The summed E-state index contributed by atoms with van der Waals surface area (Å²) in [5.74, 6) is -1.45. The number of aryl methyl sites for hydroxylation is 1. The maximum atomic E-state index is 12.0. The van der Waals surface area contributed by atoms with Crippen molar-refractivity contribution in [1.82, 2.24) is 0 Å². The molecule has 1 aliphatic carbocycles. The molecule has 1 aromatic rings. The third kappa shape index (κ3) is 9.80. The van der Waals surface area contributed by atoms with Crippen molar-refractivity contribution in [3.8, 4) is 0 Å². The van der Waals surface area contributed by atoms with E-state index in [9.17, 15) is 9.59 Å². The SMILES string of the molecule is C=C(C)C(=O)OCC(COC(=O)C(=C)CO)CC1OCC(C2=CCC(C)(c3ccc(CCCCC)cc3)C=C2)CO1. The molecule has 0 amide bonds. The van der Waals surface area contributed by atoms with Gasteiger partial charge in [-0.2, -0.15) is 0 Å². The molecule has 0 saturated carbocycles. The molecule has 2 aliphatic rings. The van der Waals surface area contributed by atoms with E-state index in [2.05, 4.69) is 69.5 Å². The summed E-state index contributed by atoms with van der Waals surface area (Å²) in [6.45, 7) is 13.7. The van der Waals surface area contributed by atoms with E-state index in [4.69, 9.17) is 24.1 Å². The molecular weight excluding hydrogens is 520 g/mol. The van der Waals surface area contributed by atoms with E-state index in [0.717, 1.165) is 12.8 Å². The first-order chi connectivity index (χ1) is 19.6. The van der Waals surface area contributed by atoms with E-state index in [-0.39, 0.29) is 41.6 Å². The first-order valence-corrected chi connectivity index (χ1v) is 14.7. The molecule has 0 spiro atoms. The molecule has 1 fully saturated rings. The predicted molar refractivity (Wildman–Crippen MR) is 159 cm³/mol. The Morgan fingerprint density at radius 1 is 1.07 bits per heavy atom. The zero-order valence-corrected chi connectivity index (χ0v) is 24.9. The molecule has 7 nitrogen and oxygen atoms in total. The van der Waals surface area contributed by atoms with Gasteiger partial charge in [0, 0.05) is 29.2 Å². The van der Waals surface area contributed by atoms with Crippen LogP contribution in [0.5, 0.6) is 0 Å². The van der Waals surface area contributed by atoms with Gasteiger partial charge < -0.3 is 24.1 Å². The van der Waals surface area contributed by atoms with Gasteiger partial charge in [-0.15, -0.1) is 0 Å². The van der Waals surface area contributed by atoms with Gasteiger partial charge in [-0.1, -0.05) is 82.3 Å². The van der Waals surface area contributed by atoms with E-state index in [1.807, 2.05) is 0 Å². The Labute approximate surface area is 244 Å². The summed E-state index contributed by atoms with van der Waals surface area (Å²) in [5.41, 5.74) is 4.13. The number of allylic oxidation sites excluding steroid dienone is 3. The first kappa shape index (κ1) is 32.5. The van der Waals surface area contributed by atoms with Crippen LogP contribution in [0.3, 0.4) is 0 Å². The van der Waals surface area contributed by atoms with Crippen molar-refractivity contribution in [1.29, 1.82) is 0 Å². The summed E-state index contributed by atoms with van der Waals surface area (Å²) in [6, 6.07) is 9.07. The average molecular weight is 567 g/mol. The smallest absolute Gasteiger partial charge is 0.335 e. The van der Waals surface area contributed by atoms with Crippen LogP contribution in [0.4, 0.5) is 0 Å². The van der Waals surface area contributed by atoms with Crippen molar-refractivity contribution in [3.05, 3.63) is 83.5 Å². The fraction of sp³-hybridized carbons (Fsp3) is 0.529. The average Bonchev–Trinajstić information content (AvgIpc) is 2.99. The van der Waals surface area contributed by atoms with Crippen LogP contribution < -0.4 is 0 Å². The minimum atomic E-state index is -0.694. The number of hydrogen-bond acceptors (Lipinski definition) is 7. The zero-order valence-electron chi connectivity index (χ0n) is 24.9. The second kappa shape index (κ2) is 15.9. The Bertz CT molecular complexity index is 1110. The fourth-order valence-corrected chi connectivity index (χ4v) is 4.90. The monoisotopic (exact) mass is 566 g/mol. The van der Waals surface area contributed by atoms with E-state index < -0.39 is 24.8 Å². The lowest BCUT2D eigenvalue weighted by atomic mass is 9.74. The van der Waals surface area contributed by atoms with Crippen LogP contribution in [0.1, 0.15) is 64.0 Å². The van der Waals surface area contributed by atoms with Crippen LogP contribution >= 0.6 is 0 Å². The number of hydrogen-bond donors (Lipinski definition) is 1. The Balaban J connectivity index is 1.51. The Morgan fingerprint density at radius 2 is 1.73 bits per heavy atom. The molecule has 1 saturated heterocycles. The molecule has 224 valence electrons. The van der Waals surface area contributed by atoms with Crippen molar-refractivity contribution in [2.24, 2.45) is 11.8 Å².